The van der Waals surface area contributed by atoms with E-state index in [0.717, 1.165) is 0 Å². The smallest absolute Gasteiger partial charge is 0.407 e. The number of ketones is 1. The molecule has 6 heteroatoms. The number of hydrogen-bond donors (Lipinski definition) is 1. The van der Waals surface area contributed by atoms with Crippen molar-refractivity contribution in [2.45, 2.75) is 45.6 Å². The molecule has 0 bridgehead atoms. The molecule has 0 radical (unpaired) electrons. The molecule has 1 N–H and O–H groups in total. The van der Waals surface area contributed by atoms with Crippen LogP contribution in [-0.2, 0) is 19.1 Å². The second-order valence-corrected chi connectivity index (χ2v) is 6.10. The number of ether oxygens (including phenoxy) is 2. The van der Waals surface area contributed by atoms with Crippen LogP contribution < -0.4 is 5.32 Å². The van der Waals surface area contributed by atoms with Crippen LogP contribution in [-0.4, -0.2) is 36.6 Å². The van der Waals surface area contributed by atoms with Crippen molar-refractivity contribution in [1.29, 1.82) is 0 Å². The normalized spacial score (nSPS) is 21.8. The number of carbonyl (C=O) groups excluding carboxylic acids is 3. The molecule has 118 valence electrons. The van der Waals surface area contributed by atoms with Crippen LogP contribution in [0.3, 0.4) is 0 Å². The van der Waals surface area contributed by atoms with Gasteiger partial charge in [0.2, 0.25) is 0 Å². The van der Waals surface area contributed by atoms with Crippen LogP contribution in [0.2, 0.25) is 0 Å². The Balaban J connectivity index is 2.72. The third kappa shape index (κ3) is 4.58. The van der Waals surface area contributed by atoms with Crippen LogP contribution in [0.4, 0.5) is 4.79 Å². The van der Waals surface area contributed by atoms with E-state index in [4.69, 9.17) is 9.47 Å². The second-order valence-electron chi connectivity index (χ2n) is 6.10. The summed E-state index contributed by atoms with van der Waals surface area (Å²) in [6.07, 6.45) is 2.08. The van der Waals surface area contributed by atoms with E-state index in [9.17, 15) is 14.4 Å². The predicted octanol–water partition coefficient (Wildman–Crippen LogP) is 1.98. The monoisotopic (exact) mass is 297 g/mol. The summed E-state index contributed by atoms with van der Waals surface area (Å²) in [6, 6.07) is 0. The molecule has 1 fully saturated rings. The van der Waals surface area contributed by atoms with Gasteiger partial charge in [-0.25, -0.2) is 4.79 Å². The molecule has 1 rings (SSSR count). The van der Waals surface area contributed by atoms with Crippen molar-refractivity contribution in [3.63, 3.8) is 0 Å². The average Bonchev–Trinajstić information content (AvgIpc) is 2.74. The van der Waals surface area contributed by atoms with Crippen LogP contribution in [0, 0.1) is 5.41 Å². The zero-order valence-electron chi connectivity index (χ0n) is 12.9. The highest BCUT2D eigenvalue weighted by molar-refractivity contribution is 6.05. The summed E-state index contributed by atoms with van der Waals surface area (Å²) >= 11 is 0. The third-order valence-electron chi connectivity index (χ3n) is 3.20. The van der Waals surface area contributed by atoms with E-state index >= 15 is 0 Å². The summed E-state index contributed by atoms with van der Waals surface area (Å²) in [4.78, 5) is 35.9. The van der Waals surface area contributed by atoms with Gasteiger partial charge in [-0.3, -0.25) is 9.59 Å². The molecule has 1 unspecified atom stereocenters. The Morgan fingerprint density at radius 1 is 1.43 bits per heavy atom. The molecule has 0 aliphatic heterocycles. The minimum atomic E-state index is -1.29. The maximum atomic E-state index is 12.2. The van der Waals surface area contributed by atoms with Gasteiger partial charge >= 0.3 is 12.1 Å². The Morgan fingerprint density at radius 2 is 2.10 bits per heavy atom. The number of hydrogen-bond acceptors (Lipinski definition) is 5. The van der Waals surface area contributed by atoms with E-state index in [0.29, 0.717) is 19.3 Å². The number of alkyl carbamates (subject to hydrolysis) is 1. The Bertz CT molecular complexity index is 438. The molecule has 0 aromatic carbocycles. The summed E-state index contributed by atoms with van der Waals surface area (Å²) in [6.45, 7) is 8.62. The van der Waals surface area contributed by atoms with E-state index in [-0.39, 0.29) is 18.9 Å². The molecule has 1 atom stereocenters. The molecular formula is C15H23NO5. The van der Waals surface area contributed by atoms with Crippen LogP contribution in [0.25, 0.3) is 0 Å². The first-order chi connectivity index (χ1) is 9.71. The number of nitrogens with one attached hydrogen (secondary N) is 1. The van der Waals surface area contributed by atoms with Gasteiger partial charge in [0.05, 0.1) is 0 Å². The van der Waals surface area contributed by atoms with E-state index in [1.54, 1.807) is 20.8 Å². The van der Waals surface area contributed by atoms with Crippen molar-refractivity contribution in [3.8, 4) is 0 Å². The van der Waals surface area contributed by atoms with Gasteiger partial charge in [-0.15, -0.1) is 0 Å². The van der Waals surface area contributed by atoms with Crippen molar-refractivity contribution in [1.82, 2.24) is 5.32 Å². The summed E-state index contributed by atoms with van der Waals surface area (Å²) in [5.74, 6) is -0.812. The first kappa shape index (κ1) is 17.2. The molecule has 1 aliphatic carbocycles. The van der Waals surface area contributed by atoms with E-state index in [1.165, 1.54) is 6.08 Å². The largest absolute Gasteiger partial charge is 0.461 e. The molecule has 0 aromatic heterocycles. The Morgan fingerprint density at radius 3 is 2.57 bits per heavy atom. The lowest BCUT2D eigenvalue weighted by Gasteiger charge is -2.26. The lowest BCUT2D eigenvalue weighted by molar-refractivity contribution is -0.157. The molecule has 1 saturated carbocycles. The van der Waals surface area contributed by atoms with Gasteiger partial charge in [-0.1, -0.05) is 12.7 Å². The quantitative estimate of drug-likeness (QED) is 0.476. The first-order valence-electron chi connectivity index (χ1n) is 6.99. The van der Waals surface area contributed by atoms with Gasteiger partial charge in [0.1, 0.15) is 17.6 Å². The Kier molecular flexibility index (Phi) is 5.52. The average molecular weight is 297 g/mol. The summed E-state index contributed by atoms with van der Waals surface area (Å²) in [5.41, 5.74) is -1.93. The van der Waals surface area contributed by atoms with E-state index in [2.05, 4.69) is 11.9 Å². The lowest BCUT2D eigenvalue weighted by Crippen LogP contribution is -2.47. The number of Topliss-reactive ketones (excluding diaryl/α,β-unsaturated/α-hetero) is 1. The highest BCUT2D eigenvalue weighted by atomic mass is 16.6. The molecule has 0 saturated heterocycles. The molecule has 6 nitrogen and oxygen atoms in total. The summed E-state index contributed by atoms with van der Waals surface area (Å²) < 4.78 is 10.1. The van der Waals surface area contributed by atoms with Crippen molar-refractivity contribution in [3.05, 3.63) is 12.7 Å². The van der Waals surface area contributed by atoms with Gasteiger partial charge in [0.15, 0.2) is 5.78 Å². The minimum absolute atomic E-state index is 0.0420. The molecule has 0 spiro atoms. The standard InChI is InChI=1S/C15H23NO5/c1-5-9-20-12(18)15(8-6-7-11(15)17)10-16-13(19)21-14(2,3)4/h5H,1,6-10H2,2-4H3,(H,16,19). The number of rotatable bonds is 5. The maximum Gasteiger partial charge on any atom is 0.407 e. The van der Waals surface area contributed by atoms with Crippen molar-refractivity contribution < 1.29 is 23.9 Å². The van der Waals surface area contributed by atoms with E-state index < -0.39 is 23.1 Å². The second kappa shape index (κ2) is 6.74. The number of carbonyl (C=O) groups is 3. The molecular weight excluding hydrogens is 274 g/mol. The fourth-order valence-electron chi connectivity index (χ4n) is 2.21. The van der Waals surface area contributed by atoms with Crippen LogP contribution in [0.1, 0.15) is 40.0 Å². The fourth-order valence-corrected chi connectivity index (χ4v) is 2.21. The van der Waals surface area contributed by atoms with Gasteiger partial charge in [0.25, 0.3) is 0 Å². The van der Waals surface area contributed by atoms with Crippen molar-refractivity contribution in [2.75, 3.05) is 13.2 Å². The molecule has 0 heterocycles. The van der Waals surface area contributed by atoms with Crippen LogP contribution in [0.5, 0.6) is 0 Å². The highest BCUT2D eigenvalue weighted by Crippen LogP contribution is 2.35. The van der Waals surface area contributed by atoms with Gasteiger partial charge < -0.3 is 14.8 Å². The van der Waals surface area contributed by atoms with Crippen LogP contribution in [0.15, 0.2) is 12.7 Å². The molecule has 1 aliphatic rings. The number of amides is 1. The predicted molar refractivity (Wildman–Crippen MR) is 76.7 cm³/mol. The third-order valence-corrected chi connectivity index (χ3v) is 3.20. The Labute approximate surface area is 124 Å². The molecule has 1 amide bonds. The first-order valence-corrected chi connectivity index (χ1v) is 6.99. The maximum absolute atomic E-state index is 12.2. The zero-order chi connectivity index (χ0) is 16.1. The lowest BCUT2D eigenvalue weighted by atomic mass is 9.85. The summed E-state index contributed by atoms with van der Waals surface area (Å²) in [7, 11) is 0. The van der Waals surface area contributed by atoms with E-state index in [1.807, 2.05) is 0 Å². The fraction of sp³-hybridized carbons (Fsp3) is 0.667. The van der Waals surface area contributed by atoms with Gasteiger partial charge in [0, 0.05) is 13.0 Å². The zero-order valence-corrected chi connectivity index (χ0v) is 12.9. The molecule has 21 heavy (non-hydrogen) atoms. The molecule has 0 aromatic rings. The van der Waals surface area contributed by atoms with Gasteiger partial charge in [-0.05, 0) is 33.6 Å². The van der Waals surface area contributed by atoms with Gasteiger partial charge in [-0.2, -0.15) is 0 Å². The van der Waals surface area contributed by atoms with Crippen LogP contribution >= 0.6 is 0 Å². The number of esters is 1. The highest BCUT2D eigenvalue weighted by Gasteiger charge is 2.50. The SMILES string of the molecule is C=CCOC(=O)C1(CNC(=O)OC(C)(C)C)CCCC1=O. The topological polar surface area (TPSA) is 81.7 Å². The summed E-state index contributed by atoms with van der Waals surface area (Å²) in [5, 5.41) is 2.50. The minimum Gasteiger partial charge on any atom is -0.461 e. The van der Waals surface area contributed by atoms with Crippen molar-refractivity contribution >= 4 is 17.8 Å². The Hall–Kier alpha value is -1.85. The van der Waals surface area contributed by atoms with Crippen molar-refractivity contribution in [2.24, 2.45) is 5.41 Å².